The molecule has 3 aromatic rings. The van der Waals surface area contributed by atoms with Gasteiger partial charge in [0.1, 0.15) is 11.3 Å². The molecule has 0 aliphatic carbocycles. The summed E-state index contributed by atoms with van der Waals surface area (Å²) in [4.78, 5) is 28.3. The van der Waals surface area contributed by atoms with E-state index in [1.807, 2.05) is 55.5 Å². The Morgan fingerprint density at radius 3 is 2.78 bits per heavy atom. The highest BCUT2D eigenvalue weighted by molar-refractivity contribution is 5.95. The Hall–Kier alpha value is -3.12. The van der Waals surface area contributed by atoms with E-state index in [2.05, 4.69) is 10.2 Å². The molecular formula is C26H31N3O3. The lowest BCUT2D eigenvalue weighted by atomic mass is 9.97. The van der Waals surface area contributed by atoms with E-state index < -0.39 is 0 Å². The summed E-state index contributed by atoms with van der Waals surface area (Å²) in [6.45, 7) is 5.69. The number of aromatic nitrogens is 1. The molecular weight excluding hydrogens is 402 g/mol. The molecule has 32 heavy (non-hydrogen) atoms. The first kappa shape index (κ1) is 22.1. The van der Waals surface area contributed by atoms with Gasteiger partial charge in [-0.2, -0.15) is 0 Å². The molecule has 6 heteroatoms. The third-order valence-electron chi connectivity index (χ3n) is 6.20. The third kappa shape index (κ3) is 5.56. The minimum atomic E-state index is -0.273. The van der Waals surface area contributed by atoms with Crippen molar-refractivity contribution in [3.05, 3.63) is 93.8 Å². The van der Waals surface area contributed by atoms with Gasteiger partial charge in [-0.3, -0.25) is 14.5 Å². The van der Waals surface area contributed by atoms with Crippen molar-refractivity contribution in [2.75, 3.05) is 19.6 Å². The number of aryl methyl sites for hydroxylation is 3. The van der Waals surface area contributed by atoms with E-state index >= 15 is 0 Å². The largest absolute Gasteiger partial charge is 0.468 e. The molecule has 0 spiro atoms. The molecule has 1 unspecified atom stereocenters. The molecule has 1 aliphatic heterocycles. The molecule has 4 rings (SSSR count). The summed E-state index contributed by atoms with van der Waals surface area (Å²) in [6.07, 6.45) is 6.40. The number of carbonyl (C=O) groups excluding carboxylic acids is 1. The van der Waals surface area contributed by atoms with Crippen LogP contribution in [0.15, 0.2) is 70.2 Å². The van der Waals surface area contributed by atoms with Crippen LogP contribution in [0, 0.1) is 12.8 Å². The van der Waals surface area contributed by atoms with E-state index in [9.17, 15) is 9.59 Å². The van der Waals surface area contributed by atoms with E-state index in [0.29, 0.717) is 24.6 Å². The summed E-state index contributed by atoms with van der Waals surface area (Å²) in [5, 5.41) is 3.03. The standard InChI is InChI=1S/C26H31N3O3/c1-20-11-14-29(15-12-21-7-3-2-4-8-21)26(31)24(20)25(30)27-17-22-9-5-13-28(18-22)19-23-10-6-16-32-23/h2-4,6-8,10-11,14,16,22H,5,9,12-13,15,17-19H2,1H3,(H,27,30). The van der Waals surface area contributed by atoms with Crippen molar-refractivity contribution in [3.63, 3.8) is 0 Å². The van der Waals surface area contributed by atoms with Gasteiger partial charge in [0, 0.05) is 25.8 Å². The monoisotopic (exact) mass is 433 g/mol. The quantitative estimate of drug-likeness (QED) is 0.589. The molecule has 1 amide bonds. The number of piperidine rings is 1. The molecule has 1 saturated heterocycles. The van der Waals surface area contributed by atoms with Crippen molar-refractivity contribution in [2.45, 2.75) is 39.3 Å². The van der Waals surface area contributed by atoms with Gasteiger partial charge in [-0.1, -0.05) is 30.3 Å². The zero-order valence-electron chi connectivity index (χ0n) is 18.6. The number of hydrogen-bond acceptors (Lipinski definition) is 4. The van der Waals surface area contributed by atoms with Crippen LogP contribution in [0.4, 0.5) is 0 Å². The van der Waals surface area contributed by atoms with Gasteiger partial charge in [-0.05, 0) is 68.0 Å². The fourth-order valence-electron chi connectivity index (χ4n) is 4.42. The second-order valence-corrected chi connectivity index (χ2v) is 8.64. The van der Waals surface area contributed by atoms with E-state index in [4.69, 9.17) is 4.42 Å². The van der Waals surface area contributed by atoms with Gasteiger partial charge in [0.2, 0.25) is 0 Å². The van der Waals surface area contributed by atoms with Crippen LogP contribution >= 0.6 is 0 Å². The lowest BCUT2D eigenvalue weighted by Gasteiger charge is -2.32. The predicted octanol–water partition coefficient (Wildman–Crippen LogP) is 3.63. The highest BCUT2D eigenvalue weighted by Crippen LogP contribution is 2.18. The minimum Gasteiger partial charge on any atom is -0.468 e. The molecule has 0 radical (unpaired) electrons. The van der Waals surface area contributed by atoms with E-state index in [0.717, 1.165) is 44.7 Å². The fourth-order valence-corrected chi connectivity index (χ4v) is 4.42. The molecule has 6 nitrogen and oxygen atoms in total. The summed E-state index contributed by atoms with van der Waals surface area (Å²) in [5.74, 6) is 1.06. The van der Waals surface area contributed by atoms with Crippen LogP contribution in [0.25, 0.3) is 0 Å². The fraction of sp³-hybridized carbons (Fsp3) is 0.385. The molecule has 3 heterocycles. The summed E-state index contributed by atoms with van der Waals surface area (Å²) < 4.78 is 7.10. The summed E-state index contributed by atoms with van der Waals surface area (Å²) >= 11 is 0. The highest BCUT2D eigenvalue weighted by atomic mass is 16.3. The van der Waals surface area contributed by atoms with Crippen LogP contribution < -0.4 is 10.9 Å². The Balaban J connectivity index is 1.35. The maximum atomic E-state index is 13.0. The first-order valence-corrected chi connectivity index (χ1v) is 11.4. The maximum absolute atomic E-state index is 13.0. The van der Waals surface area contributed by atoms with Crippen molar-refractivity contribution in [3.8, 4) is 0 Å². The predicted molar refractivity (Wildman–Crippen MR) is 125 cm³/mol. The number of nitrogens with one attached hydrogen (secondary N) is 1. The number of rotatable bonds is 8. The number of furan rings is 1. The Kier molecular flexibility index (Phi) is 7.22. The van der Waals surface area contributed by atoms with Gasteiger partial charge in [-0.25, -0.2) is 0 Å². The van der Waals surface area contributed by atoms with Gasteiger partial charge in [0.15, 0.2) is 0 Å². The number of carbonyl (C=O) groups is 1. The number of benzene rings is 1. The Morgan fingerprint density at radius 1 is 1.16 bits per heavy atom. The minimum absolute atomic E-state index is 0.221. The zero-order valence-corrected chi connectivity index (χ0v) is 18.6. The van der Waals surface area contributed by atoms with Crippen molar-refractivity contribution < 1.29 is 9.21 Å². The molecule has 168 valence electrons. The van der Waals surface area contributed by atoms with Crippen molar-refractivity contribution in [1.82, 2.24) is 14.8 Å². The summed E-state index contributed by atoms with van der Waals surface area (Å²) in [6, 6.07) is 15.8. The molecule has 1 N–H and O–H groups in total. The number of amides is 1. The molecule has 1 atom stereocenters. The van der Waals surface area contributed by atoms with E-state index in [-0.39, 0.29) is 17.0 Å². The average molecular weight is 434 g/mol. The SMILES string of the molecule is Cc1ccn(CCc2ccccc2)c(=O)c1C(=O)NCC1CCCN(Cc2ccco2)C1. The number of pyridine rings is 1. The van der Waals surface area contributed by atoms with Gasteiger partial charge in [0.25, 0.3) is 11.5 Å². The zero-order chi connectivity index (χ0) is 22.3. The maximum Gasteiger partial charge on any atom is 0.263 e. The van der Waals surface area contributed by atoms with Gasteiger partial charge < -0.3 is 14.3 Å². The highest BCUT2D eigenvalue weighted by Gasteiger charge is 2.22. The second kappa shape index (κ2) is 10.5. The van der Waals surface area contributed by atoms with Gasteiger partial charge >= 0.3 is 0 Å². The average Bonchev–Trinajstić information content (AvgIpc) is 3.31. The van der Waals surface area contributed by atoms with Crippen LogP contribution in [0.1, 0.15) is 40.1 Å². The Morgan fingerprint density at radius 2 is 2.00 bits per heavy atom. The Labute approximate surface area is 188 Å². The van der Waals surface area contributed by atoms with E-state index in [1.54, 1.807) is 17.0 Å². The lowest BCUT2D eigenvalue weighted by Crippen LogP contribution is -2.42. The number of nitrogens with zero attached hydrogens (tertiary/aromatic N) is 2. The summed E-state index contributed by atoms with van der Waals surface area (Å²) in [7, 11) is 0. The first-order valence-electron chi connectivity index (χ1n) is 11.4. The molecule has 1 fully saturated rings. The third-order valence-corrected chi connectivity index (χ3v) is 6.20. The Bertz CT molecular complexity index is 1070. The van der Waals surface area contributed by atoms with Crippen LogP contribution in [-0.2, 0) is 19.5 Å². The van der Waals surface area contributed by atoms with Crippen LogP contribution in [0.3, 0.4) is 0 Å². The normalized spacial score (nSPS) is 16.7. The first-order chi connectivity index (χ1) is 15.6. The van der Waals surface area contributed by atoms with Crippen LogP contribution in [0.5, 0.6) is 0 Å². The number of hydrogen-bond donors (Lipinski definition) is 1. The molecule has 0 bridgehead atoms. The van der Waals surface area contributed by atoms with E-state index in [1.165, 1.54) is 5.56 Å². The van der Waals surface area contributed by atoms with Gasteiger partial charge in [-0.15, -0.1) is 0 Å². The van der Waals surface area contributed by atoms with Crippen molar-refractivity contribution >= 4 is 5.91 Å². The van der Waals surface area contributed by atoms with Crippen LogP contribution in [0.2, 0.25) is 0 Å². The molecule has 1 aromatic carbocycles. The lowest BCUT2D eigenvalue weighted by molar-refractivity contribution is 0.0925. The van der Waals surface area contributed by atoms with Crippen molar-refractivity contribution in [1.29, 1.82) is 0 Å². The van der Waals surface area contributed by atoms with Crippen LogP contribution in [-0.4, -0.2) is 35.0 Å². The molecule has 1 aliphatic rings. The summed E-state index contributed by atoms with van der Waals surface area (Å²) in [5.41, 5.74) is 1.92. The topological polar surface area (TPSA) is 67.5 Å². The van der Waals surface area contributed by atoms with Crippen molar-refractivity contribution in [2.24, 2.45) is 5.92 Å². The number of likely N-dealkylation sites (tertiary alicyclic amines) is 1. The molecule has 2 aromatic heterocycles. The van der Waals surface area contributed by atoms with Gasteiger partial charge in [0.05, 0.1) is 12.8 Å². The second-order valence-electron chi connectivity index (χ2n) is 8.64. The smallest absolute Gasteiger partial charge is 0.263 e. The molecule has 0 saturated carbocycles.